The molecule has 0 bridgehead atoms. The molecule has 0 unspecified atom stereocenters. The van der Waals surface area contributed by atoms with Crippen LogP contribution in [0.25, 0.3) is 0 Å². The van der Waals surface area contributed by atoms with E-state index in [0.717, 1.165) is 42.1 Å². The number of urea groups is 1. The van der Waals surface area contributed by atoms with Crippen LogP contribution >= 0.6 is 0 Å². The third kappa shape index (κ3) is 2.20. The minimum absolute atomic E-state index is 0.0739. The Morgan fingerprint density at radius 1 is 1.58 bits per heavy atom. The van der Waals surface area contributed by atoms with Gasteiger partial charge >= 0.3 is 6.03 Å². The molecule has 0 radical (unpaired) electrons. The molecule has 2 atom stereocenters. The smallest absolute Gasteiger partial charge is 0.319 e. The predicted molar refractivity (Wildman–Crippen MR) is 75.2 cm³/mol. The summed E-state index contributed by atoms with van der Waals surface area (Å²) in [5.41, 5.74) is 3.01. The highest BCUT2D eigenvalue weighted by atomic mass is 16.2. The first-order valence-corrected chi connectivity index (χ1v) is 7.18. The second kappa shape index (κ2) is 4.51. The topological polar surface area (TPSA) is 54.0 Å². The number of pyridine rings is 1. The number of carbonyl (C=O) groups is 1. The van der Waals surface area contributed by atoms with Crippen LogP contribution in [0.2, 0.25) is 0 Å². The fourth-order valence-electron chi connectivity index (χ4n) is 3.37. The molecular formula is C15H21N3O. The van der Waals surface area contributed by atoms with Crippen molar-refractivity contribution in [1.29, 1.82) is 0 Å². The summed E-state index contributed by atoms with van der Waals surface area (Å²) >= 11 is 0. The van der Waals surface area contributed by atoms with Gasteiger partial charge in [-0.25, -0.2) is 4.79 Å². The maximum absolute atomic E-state index is 12.2. The highest BCUT2D eigenvalue weighted by molar-refractivity contribution is 5.91. The Labute approximate surface area is 114 Å². The number of carbonyl (C=O) groups excluding carboxylic acids is 1. The normalized spacial score (nSPS) is 27.8. The fraction of sp³-hybridized carbons (Fsp3) is 0.600. The monoisotopic (exact) mass is 259 g/mol. The van der Waals surface area contributed by atoms with Gasteiger partial charge in [0.05, 0.1) is 11.4 Å². The predicted octanol–water partition coefficient (Wildman–Crippen LogP) is 3.02. The number of aromatic nitrogens is 1. The standard InChI is InChI=1S/C15H21N3O/c1-3-12-13(10(2)6-8-16-12)17-14(19)18-15-7-4-5-11(15)9-15/h6,8,11H,3-5,7,9H2,1-2H3,(H2,17,18,19)/t11-,15-/m1/s1. The van der Waals surface area contributed by atoms with Gasteiger partial charge in [0.2, 0.25) is 0 Å². The molecule has 0 spiro atoms. The lowest BCUT2D eigenvalue weighted by Gasteiger charge is -2.17. The van der Waals surface area contributed by atoms with Gasteiger partial charge in [-0.1, -0.05) is 13.3 Å². The van der Waals surface area contributed by atoms with E-state index in [1.54, 1.807) is 6.20 Å². The van der Waals surface area contributed by atoms with Gasteiger partial charge in [0.1, 0.15) is 0 Å². The van der Waals surface area contributed by atoms with E-state index < -0.39 is 0 Å². The van der Waals surface area contributed by atoms with E-state index in [1.165, 1.54) is 12.8 Å². The Kier molecular flexibility index (Phi) is 2.96. The van der Waals surface area contributed by atoms with E-state index in [-0.39, 0.29) is 11.6 Å². The van der Waals surface area contributed by atoms with Gasteiger partial charge in [-0.05, 0) is 50.2 Å². The summed E-state index contributed by atoms with van der Waals surface area (Å²) in [5.74, 6) is 0.721. The van der Waals surface area contributed by atoms with E-state index in [2.05, 4.69) is 22.5 Å². The average molecular weight is 259 g/mol. The lowest BCUT2D eigenvalue weighted by molar-refractivity contribution is 0.246. The van der Waals surface area contributed by atoms with Crippen molar-refractivity contribution < 1.29 is 4.79 Å². The van der Waals surface area contributed by atoms with Gasteiger partial charge < -0.3 is 10.6 Å². The Morgan fingerprint density at radius 2 is 2.42 bits per heavy atom. The van der Waals surface area contributed by atoms with Crippen LogP contribution in [-0.2, 0) is 6.42 Å². The van der Waals surface area contributed by atoms with Crippen LogP contribution in [0.4, 0.5) is 10.5 Å². The lowest BCUT2D eigenvalue weighted by Crippen LogP contribution is -2.40. The number of hydrogen-bond acceptors (Lipinski definition) is 2. The van der Waals surface area contributed by atoms with Crippen LogP contribution < -0.4 is 10.6 Å². The Bertz CT molecular complexity index is 514. The molecule has 0 saturated heterocycles. The third-order valence-corrected chi connectivity index (χ3v) is 4.58. The number of nitrogens with zero attached hydrogens (tertiary/aromatic N) is 1. The molecule has 4 nitrogen and oxygen atoms in total. The summed E-state index contributed by atoms with van der Waals surface area (Å²) in [5, 5.41) is 6.17. The van der Waals surface area contributed by atoms with E-state index in [1.807, 2.05) is 13.0 Å². The van der Waals surface area contributed by atoms with Crippen molar-refractivity contribution in [2.75, 3.05) is 5.32 Å². The van der Waals surface area contributed by atoms with Crippen molar-refractivity contribution in [3.05, 3.63) is 23.5 Å². The van der Waals surface area contributed by atoms with Crippen molar-refractivity contribution in [2.45, 2.75) is 51.5 Å². The van der Waals surface area contributed by atoms with Crippen LogP contribution in [0, 0.1) is 12.8 Å². The molecule has 19 heavy (non-hydrogen) atoms. The quantitative estimate of drug-likeness (QED) is 0.876. The minimum Gasteiger partial charge on any atom is -0.332 e. The molecule has 1 aromatic heterocycles. The number of amides is 2. The van der Waals surface area contributed by atoms with Crippen LogP contribution in [0.15, 0.2) is 12.3 Å². The van der Waals surface area contributed by atoms with Gasteiger partial charge in [-0.2, -0.15) is 0 Å². The van der Waals surface area contributed by atoms with Crippen molar-refractivity contribution in [1.82, 2.24) is 10.3 Å². The van der Waals surface area contributed by atoms with Gasteiger partial charge in [0.25, 0.3) is 0 Å². The zero-order valence-corrected chi connectivity index (χ0v) is 11.6. The van der Waals surface area contributed by atoms with Crippen LogP contribution in [0.5, 0.6) is 0 Å². The molecule has 2 N–H and O–H groups in total. The second-order valence-electron chi connectivity index (χ2n) is 5.83. The Hall–Kier alpha value is -1.58. The van der Waals surface area contributed by atoms with Gasteiger partial charge in [0, 0.05) is 11.7 Å². The Balaban J connectivity index is 1.70. The second-order valence-corrected chi connectivity index (χ2v) is 5.83. The van der Waals surface area contributed by atoms with Gasteiger partial charge in [-0.3, -0.25) is 4.98 Å². The molecule has 0 aliphatic heterocycles. The highest BCUT2D eigenvalue weighted by Gasteiger charge is 2.57. The fourth-order valence-corrected chi connectivity index (χ4v) is 3.37. The summed E-state index contributed by atoms with van der Waals surface area (Å²) < 4.78 is 0. The molecular weight excluding hydrogens is 238 g/mol. The number of nitrogens with one attached hydrogen (secondary N) is 2. The first kappa shape index (κ1) is 12.5. The molecule has 2 aliphatic carbocycles. The van der Waals surface area contributed by atoms with Crippen molar-refractivity contribution in [2.24, 2.45) is 5.92 Å². The lowest BCUT2D eigenvalue weighted by atomic mass is 10.1. The zero-order chi connectivity index (χ0) is 13.5. The van der Waals surface area contributed by atoms with Crippen LogP contribution in [0.1, 0.15) is 43.9 Å². The number of hydrogen-bond donors (Lipinski definition) is 2. The van der Waals surface area contributed by atoms with Crippen molar-refractivity contribution in [3.63, 3.8) is 0 Å². The molecule has 3 rings (SSSR count). The maximum atomic E-state index is 12.2. The van der Waals surface area contributed by atoms with E-state index in [0.29, 0.717) is 0 Å². The van der Waals surface area contributed by atoms with Crippen molar-refractivity contribution in [3.8, 4) is 0 Å². The number of anilines is 1. The summed E-state index contributed by atoms with van der Waals surface area (Å²) in [7, 11) is 0. The molecule has 4 heteroatoms. The molecule has 102 valence electrons. The van der Waals surface area contributed by atoms with Gasteiger partial charge in [-0.15, -0.1) is 0 Å². The van der Waals surface area contributed by atoms with E-state index in [9.17, 15) is 4.79 Å². The number of aryl methyl sites for hydroxylation is 2. The number of rotatable bonds is 3. The summed E-state index contributed by atoms with van der Waals surface area (Å²) in [6.07, 6.45) is 7.43. The molecule has 1 heterocycles. The first-order valence-electron chi connectivity index (χ1n) is 7.18. The maximum Gasteiger partial charge on any atom is 0.319 e. The van der Waals surface area contributed by atoms with Gasteiger partial charge in [0.15, 0.2) is 0 Å². The first-order chi connectivity index (χ1) is 9.14. The SMILES string of the molecule is CCc1nccc(C)c1NC(=O)N[C@@]12CCC[C@@H]1C2. The van der Waals surface area contributed by atoms with Crippen molar-refractivity contribution >= 4 is 11.7 Å². The summed E-state index contributed by atoms with van der Waals surface area (Å²) in [6, 6.07) is 1.86. The van der Waals surface area contributed by atoms with Crippen LogP contribution in [-0.4, -0.2) is 16.6 Å². The molecule has 2 amide bonds. The summed E-state index contributed by atoms with van der Waals surface area (Å²) in [4.78, 5) is 16.5. The van der Waals surface area contributed by atoms with Crippen LogP contribution in [0.3, 0.4) is 0 Å². The molecule has 2 fully saturated rings. The molecule has 1 aromatic rings. The summed E-state index contributed by atoms with van der Waals surface area (Å²) in [6.45, 7) is 4.06. The largest absolute Gasteiger partial charge is 0.332 e. The minimum atomic E-state index is -0.0739. The van der Waals surface area contributed by atoms with E-state index in [4.69, 9.17) is 0 Å². The molecule has 0 aromatic carbocycles. The molecule has 2 aliphatic rings. The zero-order valence-electron chi connectivity index (χ0n) is 11.6. The number of fused-ring (bicyclic) bond motifs is 1. The third-order valence-electron chi connectivity index (χ3n) is 4.58. The highest BCUT2D eigenvalue weighted by Crippen LogP contribution is 2.55. The Morgan fingerprint density at radius 3 is 3.05 bits per heavy atom. The van der Waals surface area contributed by atoms with E-state index >= 15 is 0 Å². The average Bonchev–Trinajstić information content (AvgIpc) is 2.92. The molecule has 2 saturated carbocycles.